The smallest absolute Gasteiger partial charge is 0.407 e. The van der Waals surface area contributed by atoms with E-state index < -0.39 is 6.09 Å². The van der Waals surface area contributed by atoms with E-state index in [4.69, 9.17) is 11.2 Å². The summed E-state index contributed by atoms with van der Waals surface area (Å²) in [7, 11) is 0. The second-order valence-corrected chi connectivity index (χ2v) is 6.85. The molecular weight excluding hydrogens is 346 g/mol. The Morgan fingerprint density at radius 3 is 2.32 bits per heavy atom. The van der Waals surface area contributed by atoms with Crippen LogP contribution in [0, 0.1) is 12.3 Å². The van der Waals surface area contributed by atoms with Crippen LogP contribution in [0.1, 0.15) is 28.2 Å². The van der Waals surface area contributed by atoms with Gasteiger partial charge in [-0.2, -0.15) is 0 Å². The van der Waals surface area contributed by atoms with Crippen molar-refractivity contribution in [2.24, 2.45) is 0 Å². The molecule has 1 aliphatic carbocycles. The van der Waals surface area contributed by atoms with Crippen LogP contribution in [0.25, 0.3) is 11.1 Å². The maximum atomic E-state index is 12.2. The van der Waals surface area contributed by atoms with Gasteiger partial charge in [-0.15, -0.1) is 6.42 Å². The molecule has 138 valence electrons. The van der Waals surface area contributed by atoms with Gasteiger partial charge in [0.15, 0.2) is 0 Å². The summed E-state index contributed by atoms with van der Waals surface area (Å²) >= 11 is 0. The molecule has 0 fully saturated rings. The average molecular weight is 367 g/mol. The summed E-state index contributed by atoms with van der Waals surface area (Å²) in [6, 6.07) is 24.4. The standard InChI is InChI=1S/C25H21NO2/c1-2-18-8-7-9-19(16-18)14-15-26-25(27)28-17-24-22-12-5-3-10-20(22)21-11-4-6-13-23(21)24/h1,3-13,16,24H,14-15,17H2,(H,26,27). The Kier molecular flexibility index (Phi) is 5.12. The van der Waals surface area contributed by atoms with Crippen molar-refractivity contribution >= 4 is 6.09 Å². The molecule has 0 saturated carbocycles. The fourth-order valence-corrected chi connectivity index (χ4v) is 3.77. The topological polar surface area (TPSA) is 38.3 Å². The molecule has 3 heteroatoms. The highest BCUT2D eigenvalue weighted by molar-refractivity contribution is 5.79. The number of alkyl carbamates (subject to hydrolysis) is 1. The first kappa shape index (κ1) is 17.9. The first-order valence-electron chi connectivity index (χ1n) is 9.40. The fraction of sp³-hybridized carbons (Fsp3) is 0.160. The van der Waals surface area contributed by atoms with Crippen molar-refractivity contribution < 1.29 is 9.53 Å². The van der Waals surface area contributed by atoms with Crippen molar-refractivity contribution in [1.29, 1.82) is 0 Å². The Morgan fingerprint density at radius 2 is 1.64 bits per heavy atom. The Bertz CT molecular complexity index is 1000. The van der Waals surface area contributed by atoms with Crippen LogP contribution >= 0.6 is 0 Å². The number of terminal acetylenes is 1. The molecule has 0 unspecified atom stereocenters. The Labute approximate surface area is 165 Å². The van der Waals surface area contributed by atoms with E-state index in [1.807, 2.05) is 48.5 Å². The predicted molar refractivity (Wildman–Crippen MR) is 111 cm³/mol. The van der Waals surface area contributed by atoms with Gasteiger partial charge in [0.1, 0.15) is 6.61 Å². The summed E-state index contributed by atoms with van der Waals surface area (Å²) < 4.78 is 5.54. The van der Waals surface area contributed by atoms with Crippen LogP contribution in [0.4, 0.5) is 4.79 Å². The Balaban J connectivity index is 1.34. The van der Waals surface area contributed by atoms with Gasteiger partial charge in [-0.05, 0) is 46.4 Å². The van der Waals surface area contributed by atoms with Gasteiger partial charge >= 0.3 is 6.09 Å². The summed E-state index contributed by atoms with van der Waals surface area (Å²) in [4.78, 5) is 12.2. The van der Waals surface area contributed by atoms with E-state index in [0.717, 1.165) is 11.1 Å². The number of nitrogens with one attached hydrogen (secondary N) is 1. The second-order valence-electron chi connectivity index (χ2n) is 6.85. The number of carbonyl (C=O) groups is 1. The molecule has 3 aromatic carbocycles. The number of carbonyl (C=O) groups excluding carboxylic acids is 1. The van der Waals surface area contributed by atoms with Gasteiger partial charge in [0.05, 0.1) is 0 Å². The molecule has 1 aliphatic rings. The summed E-state index contributed by atoms with van der Waals surface area (Å²) in [6.07, 6.45) is 5.74. The van der Waals surface area contributed by atoms with E-state index in [9.17, 15) is 4.79 Å². The van der Waals surface area contributed by atoms with Crippen molar-refractivity contribution in [3.63, 3.8) is 0 Å². The molecule has 0 radical (unpaired) electrons. The zero-order chi connectivity index (χ0) is 19.3. The van der Waals surface area contributed by atoms with Gasteiger partial charge < -0.3 is 10.1 Å². The number of hydrogen-bond acceptors (Lipinski definition) is 2. The normalized spacial score (nSPS) is 12.0. The zero-order valence-corrected chi connectivity index (χ0v) is 15.5. The van der Waals surface area contributed by atoms with Crippen LogP contribution in [0.15, 0.2) is 72.8 Å². The third-order valence-electron chi connectivity index (χ3n) is 5.12. The molecule has 3 aromatic rings. The summed E-state index contributed by atoms with van der Waals surface area (Å²) in [5.74, 6) is 2.70. The predicted octanol–water partition coefficient (Wildman–Crippen LogP) is 4.75. The first-order chi connectivity index (χ1) is 13.8. The number of benzene rings is 3. The summed E-state index contributed by atoms with van der Waals surface area (Å²) in [6.45, 7) is 0.830. The number of hydrogen-bond donors (Lipinski definition) is 1. The molecule has 28 heavy (non-hydrogen) atoms. The molecule has 3 nitrogen and oxygen atoms in total. The van der Waals surface area contributed by atoms with Crippen LogP contribution in [-0.2, 0) is 11.2 Å². The van der Waals surface area contributed by atoms with Crippen LogP contribution in [0.5, 0.6) is 0 Å². The van der Waals surface area contributed by atoms with Crippen LogP contribution in [0.2, 0.25) is 0 Å². The van der Waals surface area contributed by atoms with E-state index >= 15 is 0 Å². The second kappa shape index (κ2) is 8.02. The lowest BCUT2D eigenvalue weighted by Gasteiger charge is -2.14. The first-order valence-corrected chi connectivity index (χ1v) is 9.40. The van der Waals surface area contributed by atoms with Crippen LogP contribution < -0.4 is 5.32 Å². The maximum absolute atomic E-state index is 12.2. The number of rotatable bonds is 5. The third kappa shape index (κ3) is 3.63. The number of amides is 1. The van der Waals surface area contributed by atoms with Gasteiger partial charge in [-0.3, -0.25) is 0 Å². The zero-order valence-electron chi connectivity index (χ0n) is 15.5. The molecule has 0 saturated heterocycles. The minimum Gasteiger partial charge on any atom is -0.449 e. The quantitative estimate of drug-likeness (QED) is 0.661. The van der Waals surface area contributed by atoms with Gasteiger partial charge in [0.2, 0.25) is 0 Å². The van der Waals surface area contributed by atoms with E-state index in [2.05, 4.69) is 35.5 Å². The maximum Gasteiger partial charge on any atom is 0.407 e. The third-order valence-corrected chi connectivity index (χ3v) is 5.12. The van der Waals surface area contributed by atoms with Gasteiger partial charge in [0.25, 0.3) is 0 Å². The lowest BCUT2D eigenvalue weighted by atomic mass is 9.98. The van der Waals surface area contributed by atoms with Crippen LogP contribution in [-0.4, -0.2) is 19.2 Å². The molecule has 4 rings (SSSR count). The lowest BCUT2D eigenvalue weighted by Crippen LogP contribution is -2.28. The average Bonchev–Trinajstić information content (AvgIpc) is 3.06. The number of ether oxygens (including phenoxy) is 1. The van der Waals surface area contributed by atoms with Gasteiger partial charge in [0, 0.05) is 18.0 Å². The van der Waals surface area contributed by atoms with Gasteiger partial charge in [-0.25, -0.2) is 4.79 Å². The monoisotopic (exact) mass is 367 g/mol. The minimum atomic E-state index is -0.394. The molecule has 0 heterocycles. The molecule has 1 N–H and O–H groups in total. The minimum absolute atomic E-state index is 0.0745. The molecule has 0 spiro atoms. The Hall–Kier alpha value is -3.51. The molecule has 0 aromatic heterocycles. The summed E-state index contributed by atoms with van der Waals surface area (Å²) in [5.41, 5.74) is 6.80. The lowest BCUT2D eigenvalue weighted by molar-refractivity contribution is 0.143. The molecule has 0 aliphatic heterocycles. The van der Waals surface area contributed by atoms with Crippen molar-refractivity contribution in [3.8, 4) is 23.5 Å². The van der Waals surface area contributed by atoms with E-state index in [1.165, 1.54) is 22.3 Å². The van der Waals surface area contributed by atoms with Crippen molar-refractivity contribution in [2.45, 2.75) is 12.3 Å². The highest BCUT2D eigenvalue weighted by atomic mass is 16.5. The van der Waals surface area contributed by atoms with Crippen molar-refractivity contribution in [3.05, 3.63) is 95.1 Å². The fourth-order valence-electron chi connectivity index (χ4n) is 3.77. The van der Waals surface area contributed by atoms with Crippen molar-refractivity contribution in [2.75, 3.05) is 13.2 Å². The van der Waals surface area contributed by atoms with Gasteiger partial charge in [-0.1, -0.05) is 66.6 Å². The number of fused-ring (bicyclic) bond motifs is 3. The van der Waals surface area contributed by atoms with E-state index in [1.54, 1.807) is 0 Å². The summed E-state index contributed by atoms with van der Waals surface area (Å²) in [5, 5.41) is 2.83. The van der Waals surface area contributed by atoms with Crippen molar-refractivity contribution in [1.82, 2.24) is 5.32 Å². The highest BCUT2D eigenvalue weighted by Gasteiger charge is 2.28. The highest BCUT2D eigenvalue weighted by Crippen LogP contribution is 2.44. The SMILES string of the molecule is C#Cc1cccc(CCNC(=O)OCC2c3ccccc3-c3ccccc32)c1. The largest absolute Gasteiger partial charge is 0.449 e. The van der Waals surface area contributed by atoms with E-state index in [0.29, 0.717) is 19.6 Å². The molecule has 0 atom stereocenters. The Morgan fingerprint density at radius 1 is 0.964 bits per heavy atom. The van der Waals surface area contributed by atoms with E-state index in [-0.39, 0.29) is 5.92 Å². The van der Waals surface area contributed by atoms with Crippen LogP contribution in [0.3, 0.4) is 0 Å². The molecular formula is C25H21NO2. The molecule has 0 bridgehead atoms. The molecule has 1 amide bonds.